The van der Waals surface area contributed by atoms with Gasteiger partial charge in [0.25, 0.3) is 5.91 Å². The third kappa shape index (κ3) is 3.33. The van der Waals surface area contributed by atoms with Crippen LogP contribution in [0.5, 0.6) is 0 Å². The minimum absolute atomic E-state index is 0.111. The number of rotatable bonds is 4. The van der Waals surface area contributed by atoms with Crippen LogP contribution in [0.3, 0.4) is 0 Å². The highest BCUT2D eigenvalue weighted by atomic mass is 35.5. The molecule has 1 amide bonds. The molecule has 4 nitrogen and oxygen atoms in total. The van der Waals surface area contributed by atoms with Crippen molar-refractivity contribution in [2.45, 2.75) is 19.9 Å². The molecule has 0 unspecified atom stereocenters. The van der Waals surface area contributed by atoms with Crippen LogP contribution < -0.4 is 5.32 Å². The number of halogens is 1. The lowest BCUT2D eigenvalue weighted by atomic mass is 9.97. The number of nitrogens with zero attached hydrogens (tertiary/aromatic N) is 2. The maximum absolute atomic E-state index is 12.3. The van der Waals surface area contributed by atoms with Gasteiger partial charge in [0.2, 0.25) is 0 Å². The van der Waals surface area contributed by atoms with Gasteiger partial charge >= 0.3 is 0 Å². The van der Waals surface area contributed by atoms with Crippen molar-refractivity contribution in [1.82, 2.24) is 15.3 Å². The largest absolute Gasteiger partial charge is 0.345 e. The zero-order valence-electron chi connectivity index (χ0n) is 11.4. The molecule has 0 saturated carbocycles. The Morgan fingerprint density at radius 2 is 1.95 bits per heavy atom. The van der Waals surface area contributed by atoms with Crippen LogP contribution in [0.25, 0.3) is 0 Å². The van der Waals surface area contributed by atoms with Gasteiger partial charge in [0.1, 0.15) is 0 Å². The molecular weight excluding hydrogens is 274 g/mol. The quantitative estimate of drug-likeness (QED) is 0.940. The van der Waals surface area contributed by atoms with Gasteiger partial charge in [-0.25, -0.2) is 0 Å². The normalized spacial score (nSPS) is 12.2. The third-order valence-electron chi connectivity index (χ3n) is 3.01. The van der Waals surface area contributed by atoms with Gasteiger partial charge in [0.15, 0.2) is 0 Å². The number of pyridine rings is 2. The first-order valence-electron chi connectivity index (χ1n) is 6.40. The van der Waals surface area contributed by atoms with Crippen LogP contribution in [-0.2, 0) is 0 Å². The molecule has 104 valence electrons. The average molecular weight is 290 g/mol. The summed E-state index contributed by atoms with van der Waals surface area (Å²) >= 11 is 5.99. The minimum Gasteiger partial charge on any atom is -0.345 e. The molecule has 0 aromatic carbocycles. The molecule has 0 aliphatic heterocycles. The molecular formula is C15H16ClN3O. The molecule has 2 aromatic heterocycles. The van der Waals surface area contributed by atoms with Gasteiger partial charge in [-0.2, -0.15) is 0 Å². The molecule has 2 heterocycles. The first-order valence-corrected chi connectivity index (χ1v) is 6.77. The van der Waals surface area contributed by atoms with Gasteiger partial charge in [-0.1, -0.05) is 31.5 Å². The molecule has 0 aliphatic carbocycles. The monoisotopic (exact) mass is 289 g/mol. The Hall–Kier alpha value is -1.94. The van der Waals surface area contributed by atoms with E-state index in [0.29, 0.717) is 10.6 Å². The highest BCUT2D eigenvalue weighted by Gasteiger charge is 2.20. The zero-order valence-corrected chi connectivity index (χ0v) is 12.1. The molecule has 0 saturated heterocycles. The maximum atomic E-state index is 12.3. The van der Waals surface area contributed by atoms with E-state index >= 15 is 0 Å². The van der Waals surface area contributed by atoms with Crippen LogP contribution in [0.4, 0.5) is 0 Å². The average Bonchev–Trinajstić information content (AvgIpc) is 2.45. The summed E-state index contributed by atoms with van der Waals surface area (Å²) in [6.45, 7) is 4.10. The van der Waals surface area contributed by atoms with E-state index in [4.69, 9.17) is 11.6 Å². The molecule has 0 fully saturated rings. The van der Waals surface area contributed by atoms with Crippen LogP contribution >= 0.6 is 11.6 Å². The van der Waals surface area contributed by atoms with Crippen LogP contribution in [0.15, 0.2) is 43.0 Å². The van der Waals surface area contributed by atoms with Gasteiger partial charge in [-0.3, -0.25) is 14.8 Å². The summed E-state index contributed by atoms with van der Waals surface area (Å²) < 4.78 is 0. The first kappa shape index (κ1) is 14.5. The van der Waals surface area contributed by atoms with Crippen molar-refractivity contribution < 1.29 is 4.79 Å². The standard InChI is InChI=1S/C15H16ClN3O/c1-10(2)14(11-4-3-6-17-8-11)19-15(20)12-5-7-18-9-13(12)16/h3-10,14H,1-2H3,(H,19,20)/t14-/m0/s1. The van der Waals surface area contributed by atoms with Gasteiger partial charge in [0, 0.05) is 24.8 Å². The predicted molar refractivity (Wildman–Crippen MR) is 78.5 cm³/mol. The van der Waals surface area contributed by atoms with E-state index in [1.165, 1.54) is 6.20 Å². The fourth-order valence-corrected chi connectivity index (χ4v) is 2.18. The van der Waals surface area contributed by atoms with Gasteiger partial charge in [-0.15, -0.1) is 0 Å². The molecule has 1 N–H and O–H groups in total. The zero-order chi connectivity index (χ0) is 14.5. The second kappa shape index (κ2) is 6.48. The lowest BCUT2D eigenvalue weighted by Gasteiger charge is -2.22. The van der Waals surface area contributed by atoms with Crippen molar-refractivity contribution in [2.75, 3.05) is 0 Å². The lowest BCUT2D eigenvalue weighted by molar-refractivity contribution is 0.0925. The summed E-state index contributed by atoms with van der Waals surface area (Å²) in [5.41, 5.74) is 1.40. The van der Waals surface area contributed by atoms with Crippen molar-refractivity contribution in [1.29, 1.82) is 0 Å². The van der Waals surface area contributed by atoms with Crippen molar-refractivity contribution in [2.24, 2.45) is 5.92 Å². The minimum atomic E-state index is -0.208. The van der Waals surface area contributed by atoms with E-state index < -0.39 is 0 Å². The number of hydrogen-bond donors (Lipinski definition) is 1. The Kier molecular flexibility index (Phi) is 4.69. The summed E-state index contributed by atoms with van der Waals surface area (Å²) in [6, 6.07) is 5.31. The van der Waals surface area contributed by atoms with Crippen molar-refractivity contribution in [3.8, 4) is 0 Å². The number of amides is 1. The first-order chi connectivity index (χ1) is 9.59. The summed E-state index contributed by atoms with van der Waals surface area (Å²) in [5, 5.41) is 3.34. The number of carbonyl (C=O) groups is 1. The Morgan fingerprint density at radius 1 is 1.20 bits per heavy atom. The maximum Gasteiger partial charge on any atom is 0.253 e. The number of hydrogen-bond acceptors (Lipinski definition) is 3. The summed E-state index contributed by atoms with van der Waals surface area (Å²) in [4.78, 5) is 20.3. The van der Waals surface area contributed by atoms with Crippen LogP contribution in [-0.4, -0.2) is 15.9 Å². The number of carbonyl (C=O) groups excluding carboxylic acids is 1. The Morgan fingerprint density at radius 3 is 2.55 bits per heavy atom. The van der Waals surface area contributed by atoms with E-state index in [9.17, 15) is 4.79 Å². The summed E-state index contributed by atoms with van der Waals surface area (Å²) in [7, 11) is 0. The SMILES string of the molecule is CC(C)[C@H](NC(=O)c1ccncc1Cl)c1cccnc1. The lowest BCUT2D eigenvalue weighted by Crippen LogP contribution is -2.32. The fraction of sp³-hybridized carbons (Fsp3) is 0.267. The molecule has 5 heteroatoms. The summed E-state index contributed by atoms with van der Waals surface area (Å²) in [6.07, 6.45) is 6.49. The smallest absolute Gasteiger partial charge is 0.253 e. The van der Waals surface area contributed by atoms with E-state index in [1.807, 2.05) is 26.0 Å². The molecule has 0 spiro atoms. The molecule has 2 aromatic rings. The molecule has 2 rings (SSSR count). The highest BCUT2D eigenvalue weighted by molar-refractivity contribution is 6.33. The second-order valence-corrected chi connectivity index (χ2v) is 5.24. The molecule has 0 bridgehead atoms. The van der Waals surface area contributed by atoms with Crippen molar-refractivity contribution in [3.05, 3.63) is 59.1 Å². The van der Waals surface area contributed by atoms with Crippen molar-refractivity contribution >= 4 is 17.5 Å². The van der Waals surface area contributed by atoms with E-state index in [1.54, 1.807) is 24.7 Å². The van der Waals surface area contributed by atoms with Crippen molar-refractivity contribution in [3.63, 3.8) is 0 Å². The van der Waals surface area contributed by atoms with E-state index in [2.05, 4.69) is 15.3 Å². The van der Waals surface area contributed by atoms with E-state index in [0.717, 1.165) is 5.56 Å². The Balaban J connectivity index is 2.22. The predicted octanol–water partition coefficient (Wildman–Crippen LogP) is 3.26. The van der Waals surface area contributed by atoms with Gasteiger partial charge in [0.05, 0.1) is 16.6 Å². The van der Waals surface area contributed by atoms with Gasteiger partial charge in [-0.05, 0) is 23.6 Å². The second-order valence-electron chi connectivity index (χ2n) is 4.84. The van der Waals surface area contributed by atoms with Crippen LogP contribution in [0.2, 0.25) is 5.02 Å². The Labute approximate surface area is 123 Å². The van der Waals surface area contributed by atoms with Crippen LogP contribution in [0.1, 0.15) is 35.8 Å². The van der Waals surface area contributed by atoms with Gasteiger partial charge < -0.3 is 5.32 Å². The Bertz CT molecular complexity index is 587. The fourth-order valence-electron chi connectivity index (χ4n) is 1.97. The molecule has 0 aliphatic rings. The third-order valence-corrected chi connectivity index (χ3v) is 3.32. The van der Waals surface area contributed by atoms with E-state index in [-0.39, 0.29) is 17.9 Å². The molecule has 1 atom stereocenters. The number of nitrogens with one attached hydrogen (secondary N) is 1. The highest BCUT2D eigenvalue weighted by Crippen LogP contribution is 2.22. The summed E-state index contributed by atoms with van der Waals surface area (Å²) in [5.74, 6) is 0.0312. The number of aromatic nitrogens is 2. The molecule has 0 radical (unpaired) electrons. The van der Waals surface area contributed by atoms with Crippen LogP contribution in [0, 0.1) is 5.92 Å². The molecule has 20 heavy (non-hydrogen) atoms. The topological polar surface area (TPSA) is 54.9 Å².